The minimum atomic E-state index is 0.0931. The number of likely N-dealkylation sites (tertiary alicyclic amines) is 1. The molecule has 0 spiro atoms. The minimum Gasteiger partial charge on any atom is -0.371 e. The molecule has 0 aromatic heterocycles. The van der Waals surface area contributed by atoms with Crippen LogP contribution in [-0.4, -0.2) is 42.3 Å². The molecule has 2 N–H and O–H groups in total. The maximum Gasteiger partial charge on any atom is 0.0710 e. The van der Waals surface area contributed by atoms with Gasteiger partial charge in [0, 0.05) is 19.1 Å². The number of hydrogen-bond acceptors (Lipinski definition) is 3. The van der Waals surface area contributed by atoms with E-state index in [1.54, 1.807) is 0 Å². The molecule has 0 saturated carbocycles. The monoisotopic (exact) mass is 226 g/mol. The highest BCUT2D eigenvalue weighted by atomic mass is 16.5. The Bertz CT molecular complexity index is 242. The van der Waals surface area contributed by atoms with E-state index in [2.05, 4.69) is 25.7 Å². The third kappa shape index (κ3) is 2.96. The zero-order valence-corrected chi connectivity index (χ0v) is 10.9. The molecule has 0 bridgehead atoms. The molecule has 3 atom stereocenters. The first-order valence-corrected chi connectivity index (χ1v) is 6.62. The molecule has 0 aromatic carbocycles. The van der Waals surface area contributed by atoms with Gasteiger partial charge in [0.15, 0.2) is 0 Å². The molecule has 2 aliphatic heterocycles. The van der Waals surface area contributed by atoms with E-state index in [1.165, 1.54) is 25.8 Å². The molecule has 0 aliphatic carbocycles. The number of piperidine rings is 1. The van der Waals surface area contributed by atoms with Crippen molar-refractivity contribution in [3.8, 4) is 0 Å². The molecule has 3 nitrogen and oxygen atoms in total. The highest BCUT2D eigenvalue weighted by Crippen LogP contribution is 2.30. The summed E-state index contributed by atoms with van der Waals surface area (Å²) in [5, 5.41) is 0. The van der Waals surface area contributed by atoms with Crippen LogP contribution in [0.25, 0.3) is 0 Å². The van der Waals surface area contributed by atoms with Crippen molar-refractivity contribution in [3.05, 3.63) is 0 Å². The molecular formula is C13H26N2O. The molecule has 0 aromatic rings. The maximum atomic E-state index is 6.11. The van der Waals surface area contributed by atoms with Crippen LogP contribution < -0.4 is 5.73 Å². The second kappa shape index (κ2) is 4.63. The molecule has 3 heteroatoms. The molecule has 0 amide bonds. The first kappa shape index (κ1) is 12.3. The summed E-state index contributed by atoms with van der Waals surface area (Å²) in [6.07, 6.45) is 4.05. The number of nitrogens with two attached hydrogens (primary N) is 1. The Kier molecular flexibility index (Phi) is 3.57. The molecule has 2 fully saturated rings. The van der Waals surface area contributed by atoms with E-state index in [1.807, 2.05) is 0 Å². The summed E-state index contributed by atoms with van der Waals surface area (Å²) in [5.41, 5.74) is 6.21. The van der Waals surface area contributed by atoms with Gasteiger partial charge in [0.1, 0.15) is 0 Å². The van der Waals surface area contributed by atoms with Gasteiger partial charge in [-0.15, -0.1) is 0 Å². The third-order valence-corrected chi connectivity index (χ3v) is 4.12. The van der Waals surface area contributed by atoms with Crippen molar-refractivity contribution in [3.63, 3.8) is 0 Å². The third-order valence-electron chi connectivity index (χ3n) is 4.12. The van der Waals surface area contributed by atoms with Gasteiger partial charge in [0.25, 0.3) is 0 Å². The SMILES string of the molecule is CC1CCN(CC2CCC(C)(C)O2)CC1N. The van der Waals surface area contributed by atoms with Crippen molar-refractivity contribution in [2.75, 3.05) is 19.6 Å². The molecule has 3 unspecified atom stereocenters. The minimum absolute atomic E-state index is 0.0931. The Labute approximate surface area is 99.3 Å². The van der Waals surface area contributed by atoms with Crippen LogP contribution in [0.4, 0.5) is 0 Å². The van der Waals surface area contributed by atoms with Gasteiger partial charge >= 0.3 is 0 Å². The second-order valence-corrected chi connectivity index (χ2v) is 6.23. The first-order chi connectivity index (χ1) is 7.46. The van der Waals surface area contributed by atoms with Crippen LogP contribution in [-0.2, 0) is 4.74 Å². The summed E-state index contributed by atoms with van der Waals surface area (Å²) < 4.78 is 6.03. The molecule has 2 heterocycles. The van der Waals surface area contributed by atoms with Crippen LogP contribution in [0.1, 0.15) is 40.0 Å². The summed E-state index contributed by atoms with van der Waals surface area (Å²) in [7, 11) is 0. The second-order valence-electron chi connectivity index (χ2n) is 6.23. The number of rotatable bonds is 2. The lowest BCUT2D eigenvalue weighted by molar-refractivity contribution is -0.0327. The van der Waals surface area contributed by atoms with E-state index >= 15 is 0 Å². The van der Waals surface area contributed by atoms with E-state index in [4.69, 9.17) is 10.5 Å². The zero-order chi connectivity index (χ0) is 11.8. The van der Waals surface area contributed by atoms with Crippen LogP contribution >= 0.6 is 0 Å². The summed E-state index contributed by atoms with van der Waals surface area (Å²) >= 11 is 0. The van der Waals surface area contributed by atoms with Crippen LogP contribution in [0, 0.1) is 5.92 Å². The van der Waals surface area contributed by atoms with Crippen molar-refractivity contribution in [2.24, 2.45) is 11.7 Å². The van der Waals surface area contributed by atoms with Gasteiger partial charge < -0.3 is 10.5 Å². The molecule has 0 radical (unpaired) electrons. The molecule has 2 rings (SSSR count). The molecule has 2 saturated heterocycles. The summed E-state index contributed by atoms with van der Waals surface area (Å²) in [6, 6.07) is 0.350. The van der Waals surface area contributed by atoms with E-state index in [0.29, 0.717) is 18.1 Å². The Hall–Kier alpha value is -0.120. The Morgan fingerprint density at radius 2 is 2.12 bits per heavy atom. The van der Waals surface area contributed by atoms with E-state index in [0.717, 1.165) is 13.1 Å². The lowest BCUT2D eigenvalue weighted by Crippen LogP contribution is -2.49. The smallest absolute Gasteiger partial charge is 0.0710 e. The fourth-order valence-electron chi connectivity index (χ4n) is 2.83. The number of ether oxygens (including phenoxy) is 1. The predicted molar refractivity (Wildman–Crippen MR) is 66.4 cm³/mol. The lowest BCUT2D eigenvalue weighted by Gasteiger charge is -2.36. The van der Waals surface area contributed by atoms with Gasteiger partial charge in [-0.05, 0) is 45.6 Å². The first-order valence-electron chi connectivity index (χ1n) is 6.62. The molecule has 16 heavy (non-hydrogen) atoms. The fraction of sp³-hybridized carbons (Fsp3) is 1.00. The standard InChI is InChI=1S/C13H26N2O/c1-10-5-7-15(9-12(10)14)8-11-4-6-13(2,3)16-11/h10-12H,4-9,14H2,1-3H3. The van der Waals surface area contributed by atoms with Crippen molar-refractivity contribution in [1.82, 2.24) is 4.90 Å². The summed E-state index contributed by atoms with van der Waals surface area (Å²) in [5.74, 6) is 0.678. The highest BCUT2D eigenvalue weighted by Gasteiger charge is 2.33. The quantitative estimate of drug-likeness (QED) is 0.777. The van der Waals surface area contributed by atoms with Crippen molar-refractivity contribution in [2.45, 2.75) is 57.8 Å². The van der Waals surface area contributed by atoms with Crippen molar-refractivity contribution >= 4 is 0 Å². The number of hydrogen-bond donors (Lipinski definition) is 1. The normalized spacial score (nSPS) is 40.1. The average Bonchev–Trinajstić information content (AvgIpc) is 2.52. The maximum absolute atomic E-state index is 6.11. The van der Waals surface area contributed by atoms with E-state index in [9.17, 15) is 0 Å². The summed E-state index contributed by atoms with van der Waals surface area (Å²) in [4.78, 5) is 2.48. The topological polar surface area (TPSA) is 38.5 Å². The molecular weight excluding hydrogens is 200 g/mol. The molecule has 2 aliphatic rings. The van der Waals surface area contributed by atoms with Crippen molar-refractivity contribution in [1.29, 1.82) is 0 Å². The zero-order valence-electron chi connectivity index (χ0n) is 10.9. The Balaban J connectivity index is 1.78. The van der Waals surface area contributed by atoms with Gasteiger partial charge in [-0.1, -0.05) is 6.92 Å². The van der Waals surface area contributed by atoms with Gasteiger partial charge in [-0.25, -0.2) is 0 Å². The predicted octanol–water partition coefficient (Wildman–Crippen LogP) is 1.61. The lowest BCUT2D eigenvalue weighted by atomic mass is 9.94. The molecule has 94 valence electrons. The van der Waals surface area contributed by atoms with Gasteiger partial charge in [-0.2, -0.15) is 0 Å². The van der Waals surface area contributed by atoms with Gasteiger partial charge in [-0.3, -0.25) is 4.90 Å². The van der Waals surface area contributed by atoms with Crippen LogP contribution in [0.15, 0.2) is 0 Å². The van der Waals surface area contributed by atoms with E-state index < -0.39 is 0 Å². The summed E-state index contributed by atoms with van der Waals surface area (Å²) in [6.45, 7) is 9.95. The van der Waals surface area contributed by atoms with Crippen LogP contribution in [0.2, 0.25) is 0 Å². The number of nitrogens with zero attached hydrogens (tertiary/aromatic N) is 1. The Morgan fingerprint density at radius 1 is 1.38 bits per heavy atom. The van der Waals surface area contributed by atoms with Crippen molar-refractivity contribution < 1.29 is 4.74 Å². The highest BCUT2D eigenvalue weighted by molar-refractivity contribution is 4.86. The largest absolute Gasteiger partial charge is 0.371 e. The van der Waals surface area contributed by atoms with Crippen LogP contribution in [0.3, 0.4) is 0 Å². The van der Waals surface area contributed by atoms with Gasteiger partial charge in [0.2, 0.25) is 0 Å². The van der Waals surface area contributed by atoms with Gasteiger partial charge in [0.05, 0.1) is 11.7 Å². The Morgan fingerprint density at radius 3 is 2.69 bits per heavy atom. The van der Waals surface area contributed by atoms with E-state index in [-0.39, 0.29) is 5.60 Å². The average molecular weight is 226 g/mol. The fourth-order valence-corrected chi connectivity index (χ4v) is 2.83. The van der Waals surface area contributed by atoms with Crippen LogP contribution in [0.5, 0.6) is 0 Å².